The minimum Gasteiger partial charge on any atom is -0.300 e. The smallest absolute Gasteiger partial charge is 0.00530 e. The third-order valence-electron chi connectivity index (χ3n) is 4.67. The fourth-order valence-corrected chi connectivity index (χ4v) is 3.33. The lowest BCUT2D eigenvalue weighted by Crippen LogP contribution is -2.39. The summed E-state index contributed by atoms with van der Waals surface area (Å²) in [6.07, 6.45) is 2.65. The van der Waals surface area contributed by atoms with Gasteiger partial charge in [-0.3, -0.25) is 0 Å². The Morgan fingerprint density at radius 2 is 1.57 bits per heavy atom. The Bertz CT molecular complexity index is 556. The van der Waals surface area contributed by atoms with Crippen LogP contribution in [0.2, 0.25) is 0 Å². The third kappa shape index (κ3) is 3.36. The Kier molecular flexibility index (Phi) is 4.40. The molecule has 1 saturated heterocycles. The van der Waals surface area contributed by atoms with Gasteiger partial charge in [0.15, 0.2) is 0 Å². The quantitative estimate of drug-likeness (QED) is 0.769. The van der Waals surface area contributed by atoms with Crippen LogP contribution in [0.5, 0.6) is 0 Å². The molecule has 1 heterocycles. The first kappa shape index (κ1) is 14.3. The highest BCUT2D eigenvalue weighted by atomic mass is 15.2. The van der Waals surface area contributed by atoms with Gasteiger partial charge in [0, 0.05) is 12.6 Å². The predicted molar refractivity (Wildman–Crippen MR) is 90.6 cm³/mol. The van der Waals surface area contributed by atoms with Gasteiger partial charge in [0.05, 0.1) is 0 Å². The monoisotopic (exact) mass is 279 g/mol. The van der Waals surface area contributed by atoms with E-state index in [0.717, 1.165) is 0 Å². The molecule has 1 atom stereocenters. The molecule has 0 aliphatic carbocycles. The number of nitrogens with zero attached hydrogens (tertiary/aromatic N) is 1. The lowest BCUT2D eigenvalue weighted by Gasteiger charge is -2.35. The summed E-state index contributed by atoms with van der Waals surface area (Å²) in [6.45, 7) is 7.08. The molecule has 110 valence electrons. The van der Waals surface area contributed by atoms with Gasteiger partial charge < -0.3 is 4.90 Å². The first-order valence-electron chi connectivity index (χ1n) is 8.13. The largest absolute Gasteiger partial charge is 0.300 e. The maximum Gasteiger partial charge on any atom is 0.00530 e. The molecule has 0 amide bonds. The van der Waals surface area contributed by atoms with E-state index in [1.165, 1.54) is 42.6 Å². The van der Waals surface area contributed by atoms with Gasteiger partial charge in [-0.2, -0.15) is 0 Å². The molecule has 2 aromatic rings. The zero-order valence-electron chi connectivity index (χ0n) is 13.1. The van der Waals surface area contributed by atoms with Crippen molar-refractivity contribution < 1.29 is 0 Å². The van der Waals surface area contributed by atoms with E-state index < -0.39 is 0 Å². The molecule has 0 saturated carbocycles. The summed E-state index contributed by atoms with van der Waals surface area (Å²) in [7, 11) is 0. The van der Waals surface area contributed by atoms with Gasteiger partial charge in [-0.05, 0) is 55.8 Å². The van der Waals surface area contributed by atoms with Crippen LogP contribution >= 0.6 is 0 Å². The second-order valence-electron chi connectivity index (χ2n) is 6.42. The maximum atomic E-state index is 2.61. The summed E-state index contributed by atoms with van der Waals surface area (Å²) in [5.74, 6) is 0.700. The van der Waals surface area contributed by atoms with Crippen LogP contribution in [0.1, 0.15) is 38.2 Å². The van der Waals surface area contributed by atoms with Crippen molar-refractivity contribution in [2.75, 3.05) is 13.1 Å². The van der Waals surface area contributed by atoms with Crippen molar-refractivity contribution in [1.82, 2.24) is 4.90 Å². The fourth-order valence-electron chi connectivity index (χ4n) is 3.33. The molecule has 1 nitrogen and oxygen atoms in total. The third-order valence-corrected chi connectivity index (χ3v) is 4.67. The molecule has 0 bridgehead atoms. The van der Waals surface area contributed by atoms with Crippen LogP contribution in [0.15, 0.2) is 54.6 Å². The highest BCUT2D eigenvalue weighted by Crippen LogP contribution is 2.29. The molecule has 0 unspecified atom stereocenters. The van der Waals surface area contributed by atoms with Crippen LogP contribution in [0.4, 0.5) is 0 Å². The number of rotatable bonds is 3. The molecular formula is C20H25N. The Balaban J connectivity index is 1.75. The molecule has 1 aliphatic heterocycles. The predicted octanol–water partition coefficient (Wildman–Crippen LogP) is 4.94. The fraction of sp³-hybridized carbons (Fsp3) is 0.400. The van der Waals surface area contributed by atoms with E-state index in [2.05, 4.69) is 73.3 Å². The summed E-state index contributed by atoms with van der Waals surface area (Å²) in [5, 5.41) is 0. The van der Waals surface area contributed by atoms with Crippen molar-refractivity contribution in [3.8, 4) is 11.1 Å². The van der Waals surface area contributed by atoms with Gasteiger partial charge in [0.1, 0.15) is 0 Å². The zero-order valence-corrected chi connectivity index (χ0v) is 13.1. The van der Waals surface area contributed by atoms with E-state index in [-0.39, 0.29) is 0 Å². The summed E-state index contributed by atoms with van der Waals surface area (Å²) < 4.78 is 0. The van der Waals surface area contributed by atoms with E-state index >= 15 is 0 Å². The molecule has 1 fully saturated rings. The second kappa shape index (κ2) is 6.44. The van der Waals surface area contributed by atoms with Crippen molar-refractivity contribution in [2.45, 2.75) is 38.6 Å². The molecule has 1 aliphatic rings. The van der Waals surface area contributed by atoms with Crippen LogP contribution in [-0.2, 0) is 0 Å². The Hall–Kier alpha value is -1.60. The zero-order chi connectivity index (χ0) is 14.7. The molecule has 2 aromatic carbocycles. The Morgan fingerprint density at radius 1 is 0.905 bits per heavy atom. The SMILES string of the molecule is CC(C)N1CCC[C@H](c2ccc(-c3ccccc3)cc2)C1. The minimum absolute atomic E-state index is 0.663. The summed E-state index contributed by atoms with van der Waals surface area (Å²) >= 11 is 0. The topological polar surface area (TPSA) is 3.24 Å². The molecule has 0 aromatic heterocycles. The number of likely N-dealkylation sites (tertiary alicyclic amines) is 1. The van der Waals surface area contributed by atoms with E-state index in [1.807, 2.05) is 0 Å². The van der Waals surface area contributed by atoms with Crippen molar-refractivity contribution in [3.63, 3.8) is 0 Å². The molecular weight excluding hydrogens is 254 g/mol. The van der Waals surface area contributed by atoms with E-state index in [9.17, 15) is 0 Å². The molecule has 0 radical (unpaired) electrons. The number of hydrogen-bond donors (Lipinski definition) is 0. The Morgan fingerprint density at radius 3 is 2.24 bits per heavy atom. The van der Waals surface area contributed by atoms with E-state index in [4.69, 9.17) is 0 Å². The van der Waals surface area contributed by atoms with Crippen LogP contribution in [0.25, 0.3) is 11.1 Å². The molecule has 21 heavy (non-hydrogen) atoms. The number of hydrogen-bond acceptors (Lipinski definition) is 1. The van der Waals surface area contributed by atoms with Gasteiger partial charge in [-0.1, -0.05) is 54.6 Å². The van der Waals surface area contributed by atoms with Crippen LogP contribution in [-0.4, -0.2) is 24.0 Å². The van der Waals surface area contributed by atoms with Crippen molar-refractivity contribution >= 4 is 0 Å². The average Bonchev–Trinajstić information content (AvgIpc) is 2.56. The van der Waals surface area contributed by atoms with Crippen molar-refractivity contribution in [2.24, 2.45) is 0 Å². The summed E-state index contributed by atoms with van der Waals surface area (Å²) in [4.78, 5) is 2.61. The average molecular weight is 279 g/mol. The number of benzene rings is 2. The molecule has 1 heteroatoms. The van der Waals surface area contributed by atoms with Gasteiger partial charge in [0.25, 0.3) is 0 Å². The van der Waals surface area contributed by atoms with Crippen LogP contribution in [0.3, 0.4) is 0 Å². The van der Waals surface area contributed by atoms with Gasteiger partial charge in [-0.15, -0.1) is 0 Å². The van der Waals surface area contributed by atoms with E-state index in [0.29, 0.717) is 12.0 Å². The Labute approximate surface area is 128 Å². The van der Waals surface area contributed by atoms with Gasteiger partial charge in [0.2, 0.25) is 0 Å². The highest BCUT2D eigenvalue weighted by Gasteiger charge is 2.22. The normalized spacial score (nSPS) is 19.9. The standard InChI is InChI=1S/C20H25N/c1-16(2)21-14-6-9-20(15-21)19-12-10-18(11-13-19)17-7-4-3-5-8-17/h3-5,7-8,10-13,16,20H,6,9,14-15H2,1-2H3/t20-/m0/s1. The molecule has 0 spiro atoms. The summed E-state index contributed by atoms with van der Waals surface area (Å²) in [6, 6.07) is 20.5. The summed E-state index contributed by atoms with van der Waals surface area (Å²) in [5.41, 5.74) is 4.12. The van der Waals surface area contributed by atoms with Gasteiger partial charge >= 0.3 is 0 Å². The molecule has 0 N–H and O–H groups in total. The van der Waals surface area contributed by atoms with E-state index in [1.54, 1.807) is 0 Å². The van der Waals surface area contributed by atoms with Crippen molar-refractivity contribution in [3.05, 3.63) is 60.2 Å². The minimum atomic E-state index is 0.663. The lowest BCUT2D eigenvalue weighted by atomic mass is 9.89. The highest BCUT2D eigenvalue weighted by molar-refractivity contribution is 5.63. The number of piperidine rings is 1. The second-order valence-corrected chi connectivity index (χ2v) is 6.42. The van der Waals surface area contributed by atoms with Crippen LogP contribution in [0, 0.1) is 0 Å². The maximum absolute atomic E-state index is 2.61. The van der Waals surface area contributed by atoms with Crippen LogP contribution < -0.4 is 0 Å². The van der Waals surface area contributed by atoms with Crippen molar-refractivity contribution in [1.29, 1.82) is 0 Å². The first-order chi connectivity index (χ1) is 10.2. The van der Waals surface area contributed by atoms with Gasteiger partial charge in [-0.25, -0.2) is 0 Å². The lowest BCUT2D eigenvalue weighted by molar-refractivity contribution is 0.167. The molecule has 3 rings (SSSR count). The first-order valence-corrected chi connectivity index (χ1v) is 8.13.